The molecule has 41 heavy (non-hydrogen) atoms. The summed E-state index contributed by atoms with van der Waals surface area (Å²) in [4.78, 5) is 35.1. The van der Waals surface area contributed by atoms with Crippen molar-refractivity contribution in [3.63, 3.8) is 0 Å². The molecule has 1 fully saturated rings. The molecule has 1 heterocycles. The Labute approximate surface area is 268 Å². The molecule has 226 valence electrons. The van der Waals surface area contributed by atoms with Crippen molar-refractivity contribution in [3.05, 3.63) is 77.9 Å². The van der Waals surface area contributed by atoms with E-state index in [-0.39, 0.29) is 58.9 Å². The van der Waals surface area contributed by atoms with E-state index in [0.29, 0.717) is 12.1 Å². The number of aliphatic hydroxyl groups excluding tert-OH is 1. The molecule has 6 N–H and O–H groups in total. The standard InChI is InChI=1S/C18H19NO5.C9H16N2OS.CH4.BI2/c1-11-13(8-5-9-15(11)20)17(22)19-14(16(21)18(23)24)10-12-6-3-2-4-7-12;1-4-5-10-8(12)7-9(2,3)13-6-11-7;;1-3-2/h2-9,14,16,20-21H,10H2,1H3,(H,19,22)(H,23,24);4,7,11H,1,5-6H2,2-3H3,(H,10,12);1H4;/q;;;-1/t14-,16-;;;/m0.../s1. The molecule has 1 aliphatic rings. The Morgan fingerprint density at radius 3 is 2.37 bits per heavy atom. The third-order valence-electron chi connectivity index (χ3n) is 5.91. The zero-order valence-corrected chi connectivity index (χ0v) is 27.7. The summed E-state index contributed by atoms with van der Waals surface area (Å²) < 4.78 is -0.00868. The van der Waals surface area contributed by atoms with Crippen molar-refractivity contribution in [1.29, 1.82) is 0 Å². The average Bonchev–Trinajstić information content (AvgIpc) is 3.28. The van der Waals surface area contributed by atoms with Crippen molar-refractivity contribution >= 4 is 53.9 Å². The Hall–Kier alpha value is -1.82. The molecule has 0 aromatic heterocycles. The van der Waals surface area contributed by atoms with Crippen LogP contribution in [0.2, 0.25) is 0 Å². The van der Waals surface area contributed by atoms with Crippen molar-refractivity contribution in [1.82, 2.24) is 16.0 Å². The Balaban J connectivity index is 0.000000795. The molecule has 0 bridgehead atoms. The summed E-state index contributed by atoms with van der Waals surface area (Å²) in [7, 11) is 0. The molecular weight excluding hydrogens is 771 g/mol. The van der Waals surface area contributed by atoms with E-state index >= 15 is 0 Å². The number of phenols is 1. The van der Waals surface area contributed by atoms with Crippen LogP contribution in [-0.2, 0) is 16.0 Å². The van der Waals surface area contributed by atoms with Gasteiger partial charge in [-0.2, -0.15) is 0 Å². The Morgan fingerprint density at radius 1 is 1.24 bits per heavy atom. The van der Waals surface area contributed by atoms with Crippen LogP contribution in [0.4, 0.5) is 0 Å². The van der Waals surface area contributed by atoms with E-state index in [0.717, 1.165) is 11.4 Å². The number of carboxylic acid groups (broad SMARTS) is 1. The van der Waals surface area contributed by atoms with Gasteiger partial charge >= 0.3 is 47.3 Å². The van der Waals surface area contributed by atoms with Gasteiger partial charge in [-0.1, -0.05) is 49.9 Å². The van der Waals surface area contributed by atoms with E-state index < -0.39 is 24.0 Å². The van der Waals surface area contributed by atoms with Crippen molar-refractivity contribution in [2.75, 3.05) is 12.4 Å². The maximum absolute atomic E-state index is 12.4. The number of aromatic hydroxyl groups is 1. The summed E-state index contributed by atoms with van der Waals surface area (Å²) in [6.45, 7) is 9.84. The molecule has 1 aliphatic heterocycles. The fourth-order valence-corrected chi connectivity index (χ4v) is 4.70. The molecule has 13 heteroatoms. The van der Waals surface area contributed by atoms with Crippen LogP contribution in [0.3, 0.4) is 0 Å². The maximum atomic E-state index is 12.4. The number of aliphatic carboxylic acids is 1. The van der Waals surface area contributed by atoms with Crippen molar-refractivity contribution in [3.8, 4) is 5.75 Å². The summed E-state index contributed by atoms with van der Waals surface area (Å²) in [5.41, 5.74) is 6.35. The SMILES string of the molecule is C.C=CCNC(=O)C1NCSC1(C)C.Cc1c(O)cccc1C(=O)N[C@@H](Cc1ccccc1)[C@H](O)C(=O)O.[B][I-]I. The summed E-state index contributed by atoms with van der Waals surface area (Å²) in [6.07, 6.45) is 0.108. The molecule has 0 aliphatic carbocycles. The molecule has 2 amide bonds. The number of benzene rings is 2. The number of halogens is 2. The summed E-state index contributed by atoms with van der Waals surface area (Å²) in [5, 5.41) is 37.2. The van der Waals surface area contributed by atoms with E-state index in [1.807, 2.05) is 6.07 Å². The number of amides is 2. The average molecular weight is 810 g/mol. The van der Waals surface area contributed by atoms with Gasteiger partial charge in [0.15, 0.2) is 6.10 Å². The zero-order chi connectivity index (χ0) is 30.3. The van der Waals surface area contributed by atoms with E-state index in [9.17, 15) is 24.6 Å². The van der Waals surface area contributed by atoms with E-state index in [1.54, 1.807) is 49.0 Å². The Kier molecular flexibility index (Phi) is 19.3. The van der Waals surface area contributed by atoms with E-state index in [4.69, 9.17) is 10.8 Å². The Bertz CT molecular complexity index is 1130. The molecule has 1 unspecified atom stereocenters. The molecule has 3 rings (SSSR count). The van der Waals surface area contributed by atoms with Gasteiger partial charge < -0.3 is 26.0 Å². The van der Waals surface area contributed by atoms with Crippen LogP contribution >= 0.6 is 30.4 Å². The zero-order valence-electron chi connectivity index (χ0n) is 22.6. The van der Waals surface area contributed by atoms with Gasteiger partial charge in [-0.05, 0) is 44.9 Å². The molecule has 9 nitrogen and oxygen atoms in total. The molecular formula is C28H39BI2N3O6S-. The molecule has 2 aromatic carbocycles. The molecule has 2 aromatic rings. The van der Waals surface area contributed by atoms with Crippen molar-refractivity contribution in [2.24, 2.45) is 0 Å². The second-order valence-electron chi connectivity index (χ2n) is 9.15. The number of carboxylic acids is 1. The third kappa shape index (κ3) is 13.4. The van der Waals surface area contributed by atoms with Crippen LogP contribution in [0.15, 0.2) is 61.2 Å². The summed E-state index contributed by atoms with van der Waals surface area (Å²) in [5.74, 6) is -1.08. The number of phenolic OH excluding ortho intramolecular Hbond substituents is 1. The van der Waals surface area contributed by atoms with Gasteiger partial charge in [0.25, 0.3) is 5.91 Å². The monoisotopic (exact) mass is 810 g/mol. The normalized spacial score (nSPS) is 16.3. The number of hydrogen-bond donors (Lipinski definition) is 6. The number of thioether (sulfide) groups is 1. The van der Waals surface area contributed by atoms with Gasteiger partial charge in [0.1, 0.15) is 11.8 Å². The van der Waals surface area contributed by atoms with Crippen LogP contribution < -0.4 is 33.0 Å². The molecule has 1 saturated heterocycles. The van der Waals surface area contributed by atoms with Gasteiger partial charge in [-0.25, -0.2) is 4.79 Å². The second kappa shape index (κ2) is 20.2. The molecule has 3 atom stereocenters. The fraction of sp³-hybridized carbons (Fsp3) is 0.393. The summed E-state index contributed by atoms with van der Waals surface area (Å²) in [6, 6.07) is 12.4. The van der Waals surface area contributed by atoms with Crippen molar-refractivity contribution in [2.45, 2.75) is 57.6 Å². The minimum absolute atomic E-state index is 0. The van der Waals surface area contributed by atoms with Crippen LogP contribution in [0.5, 0.6) is 5.75 Å². The number of hydrogen-bond acceptors (Lipinski definition) is 7. The van der Waals surface area contributed by atoms with Crippen LogP contribution in [-0.4, -0.2) is 74.2 Å². The van der Waals surface area contributed by atoms with E-state index in [2.05, 4.69) is 55.0 Å². The molecule has 0 spiro atoms. The summed E-state index contributed by atoms with van der Waals surface area (Å²) >= 11 is 4.01. The molecule has 0 saturated carbocycles. The number of carbonyl (C=O) groups excluding carboxylic acids is 2. The number of nitrogens with one attached hydrogen (secondary N) is 3. The molecule has 2 radical (unpaired) electrons. The predicted octanol–water partition coefficient (Wildman–Crippen LogP) is 0.362. The first-order chi connectivity index (χ1) is 18.9. The van der Waals surface area contributed by atoms with Gasteiger partial charge in [0.2, 0.25) is 5.91 Å². The topological polar surface area (TPSA) is 148 Å². The van der Waals surface area contributed by atoms with Gasteiger partial charge in [0, 0.05) is 28.3 Å². The predicted molar refractivity (Wildman–Crippen MR) is 171 cm³/mol. The van der Waals surface area contributed by atoms with Gasteiger partial charge in [0.05, 0.1) is 6.04 Å². The quantitative estimate of drug-likeness (QED) is 0.121. The first-order valence-corrected chi connectivity index (χ1v) is 20.7. The second-order valence-corrected chi connectivity index (χ2v) is 14.4. The Morgan fingerprint density at radius 2 is 1.85 bits per heavy atom. The van der Waals surface area contributed by atoms with Crippen molar-refractivity contribution < 1.29 is 46.7 Å². The number of carbonyl (C=O) groups is 3. The van der Waals surface area contributed by atoms with Gasteiger partial charge in [-0.3, -0.25) is 14.9 Å². The van der Waals surface area contributed by atoms with Crippen LogP contribution in [0, 0.1) is 6.92 Å². The van der Waals surface area contributed by atoms with Crippen LogP contribution in [0.1, 0.15) is 42.8 Å². The van der Waals surface area contributed by atoms with Crippen LogP contribution in [0.25, 0.3) is 0 Å². The fourth-order valence-electron chi connectivity index (χ4n) is 3.72. The van der Waals surface area contributed by atoms with Gasteiger partial charge in [-0.15, -0.1) is 18.3 Å². The first-order valence-electron chi connectivity index (χ1n) is 12.1. The first kappa shape index (κ1) is 39.2. The third-order valence-corrected chi connectivity index (χ3v) is 7.20. The number of aliphatic hydroxyl groups is 1. The number of rotatable bonds is 9. The van der Waals surface area contributed by atoms with E-state index in [1.165, 1.54) is 18.2 Å². The minimum atomic E-state index is -1.74.